The third-order valence-electron chi connectivity index (χ3n) is 5.17. The Hall–Kier alpha value is -3.03. The molecule has 3 aromatic rings. The standard InChI is InChI=1S/C24H26N4O2S/c1-19-26-22(18-31-19)17-30-23-4-2-3-20(15-23)5-6-24(29)28-13-11-27(12-14-28)16-21-7-9-25-10-8-21/h2-10,15,18H,11-14,16-17H2,1H3/b6-5+. The molecule has 1 aromatic carbocycles. The zero-order chi connectivity index (χ0) is 21.5. The quantitative estimate of drug-likeness (QED) is 0.530. The average Bonchev–Trinajstić information content (AvgIpc) is 3.23. The number of carbonyl (C=O) groups excluding carboxylic acids is 1. The minimum atomic E-state index is 0.0489. The molecule has 1 amide bonds. The third-order valence-corrected chi connectivity index (χ3v) is 5.99. The van der Waals surface area contributed by atoms with E-state index in [9.17, 15) is 4.79 Å². The number of hydrogen-bond donors (Lipinski definition) is 0. The summed E-state index contributed by atoms with van der Waals surface area (Å²) in [5.74, 6) is 0.817. The Kier molecular flexibility index (Phi) is 7.07. The highest BCUT2D eigenvalue weighted by Gasteiger charge is 2.19. The summed E-state index contributed by atoms with van der Waals surface area (Å²) in [6, 6.07) is 11.8. The lowest BCUT2D eigenvalue weighted by Crippen LogP contribution is -2.47. The number of benzene rings is 1. The minimum Gasteiger partial charge on any atom is -0.487 e. The Balaban J connectivity index is 1.26. The number of pyridine rings is 1. The summed E-state index contributed by atoms with van der Waals surface area (Å²) in [6.07, 6.45) is 7.15. The maximum absolute atomic E-state index is 12.6. The predicted octanol–water partition coefficient (Wildman–Crippen LogP) is 3.78. The zero-order valence-electron chi connectivity index (χ0n) is 17.6. The Morgan fingerprint density at radius 3 is 2.71 bits per heavy atom. The maximum Gasteiger partial charge on any atom is 0.246 e. The Morgan fingerprint density at radius 2 is 1.97 bits per heavy atom. The van der Waals surface area contributed by atoms with Gasteiger partial charge in [0.05, 0.1) is 10.7 Å². The van der Waals surface area contributed by atoms with E-state index in [1.165, 1.54) is 5.56 Å². The first-order valence-corrected chi connectivity index (χ1v) is 11.3. The molecular weight excluding hydrogens is 408 g/mol. The van der Waals surface area contributed by atoms with Gasteiger partial charge in [-0.3, -0.25) is 14.7 Å². The van der Waals surface area contributed by atoms with Crippen molar-refractivity contribution in [3.63, 3.8) is 0 Å². The van der Waals surface area contributed by atoms with Crippen LogP contribution in [0.4, 0.5) is 0 Å². The monoisotopic (exact) mass is 434 g/mol. The molecule has 0 radical (unpaired) electrons. The van der Waals surface area contributed by atoms with Crippen LogP contribution < -0.4 is 4.74 Å². The van der Waals surface area contributed by atoms with E-state index in [0.29, 0.717) is 6.61 Å². The second-order valence-corrected chi connectivity index (χ2v) is 8.57. The van der Waals surface area contributed by atoms with Gasteiger partial charge in [-0.05, 0) is 48.4 Å². The molecule has 3 heterocycles. The maximum atomic E-state index is 12.6. The van der Waals surface area contributed by atoms with Crippen LogP contribution >= 0.6 is 11.3 Å². The molecule has 31 heavy (non-hydrogen) atoms. The van der Waals surface area contributed by atoms with Gasteiger partial charge in [-0.2, -0.15) is 0 Å². The summed E-state index contributed by atoms with van der Waals surface area (Å²) in [6.45, 7) is 6.56. The van der Waals surface area contributed by atoms with Crippen LogP contribution in [0.5, 0.6) is 5.75 Å². The van der Waals surface area contributed by atoms with Gasteiger partial charge in [0.15, 0.2) is 0 Å². The molecule has 4 rings (SSSR count). The van der Waals surface area contributed by atoms with Gasteiger partial charge in [0.2, 0.25) is 5.91 Å². The summed E-state index contributed by atoms with van der Waals surface area (Å²) in [5, 5.41) is 3.04. The van der Waals surface area contributed by atoms with E-state index in [-0.39, 0.29) is 5.91 Å². The highest BCUT2D eigenvalue weighted by molar-refractivity contribution is 7.09. The molecule has 1 aliphatic heterocycles. The second-order valence-electron chi connectivity index (χ2n) is 7.51. The number of aryl methyl sites for hydroxylation is 1. The number of thiazole rings is 1. The van der Waals surface area contributed by atoms with Crippen molar-refractivity contribution in [2.24, 2.45) is 0 Å². The Bertz CT molecular complexity index is 1030. The van der Waals surface area contributed by atoms with Gasteiger partial charge in [-0.15, -0.1) is 11.3 Å². The number of carbonyl (C=O) groups is 1. The highest BCUT2D eigenvalue weighted by Crippen LogP contribution is 2.17. The fourth-order valence-corrected chi connectivity index (χ4v) is 4.08. The summed E-state index contributed by atoms with van der Waals surface area (Å²) in [5.41, 5.74) is 3.13. The highest BCUT2D eigenvalue weighted by atomic mass is 32.1. The minimum absolute atomic E-state index is 0.0489. The molecule has 0 aliphatic carbocycles. The van der Waals surface area contributed by atoms with Gasteiger partial charge in [0.25, 0.3) is 0 Å². The molecule has 0 bridgehead atoms. The topological polar surface area (TPSA) is 58.6 Å². The molecule has 160 valence electrons. The number of hydrogen-bond acceptors (Lipinski definition) is 6. The SMILES string of the molecule is Cc1nc(COc2cccc(/C=C/C(=O)N3CCN(Cc4ccncc4)CC3)c2)cs1. The first-order valence-electron chi connectivity index (χ1n) is 10.4. The van der Waals surface area contributed by atoms with Gasteiger partial charge in [0.1, 0.15) is 12.4 Å². The van der Waals surface area contributed by atoms with E-state index in [4.69, 9.17) is 4.74 Å². The molecule has 0 spiro atoms. The van der Waals surface area contributed by atoms with Crippen molar-refractivity contribution in [1.29, 1.82) is 0 Å². The van der Waals surface area contributed by atoms with E-state index >= 15 is 0 Å². The summed E-state index contributed by atoms with van der Waals surface area (Å²) in [7, 11) is 0. The van der Waals surface area contributed by atoms with Gasteiger partial charge in [0, 0.05) is 56.6 Å². The van der Waals surface area contributed by atoms with Crippen LogP contribution in [-0.2, 0) is 17.9 Å². The van der Waals surface area contributed by atoms with E-state index in [1.54, 1.807) is 17.4 Å². The molecule has 7 heteroatoms. The Labute approximate surface area is 186 Å². The molecule has 0 saturated carbocycles. The molecule has 1 saturated heterocycles. The lowest BCUT2D eigenvalue weighted by atomic mass is 10.2. The third kappa shape index (κ3) is 6.23. The van der Waals surface area contributed by atoms with Crippen molar-refractivity contribution >= 4 is 23.3 Å². The predicted molar refractivity (Wildman–Crippen MR) is 123 cm³/mol. The van der Waals surface area contributed by atoms with Gasteiger partial charge in [-0.1, -0.05) is 12.1 Å². The van der Waals surface area contributed by atoms with E-state index in [1.807, 2.05) is 72.1 Å². The van der Waals surface area contributed by atoms with Crippen LogP contribution in [0, 0.1) is 6.92 Å². The van der Waals surface area contributed by atoms with Crippen molar-refractivity contribution in [2.45, 2.75) is 20.1 Å². The summed E-state index contributed by atoms with van der Waals surface area (Å²) >= 11 is 1.62. The van der Waals surface area contributed by atoms with Crippen LogP contribution in [0.15, 0.2) is 60.2 Å². The van der Waals surface area contributed by atoms with Crippen molar-refractivity contribution in [1.82, 2.24) is 19.8 Å². The Morgan fingerprint density at radius 1 is 1.16 bits per heavy atom. The fourth-order valence-electron chi connectivity index (χ4n) is 3.49. The lowest BCUT2D eigenvalue weighted by Gasteiger charge is -2.34. The number of nitrogens with zero attached hydrogens (tertiary/aromatic N) is 4. The normalized spacial score (nSPS) is 14.8. The molecule has 0 N–H and O–H groups in total. The molecular formula is C24H26N4O2S. The molecule has 2 aromatic heterocycles. The van der Waals surface area contributed by atoms with Crippen molar-refractivity contribution in [2.75, 3.05) is 26.2 Å². The number of aromatic nitrogens is 2. The van der Waals surface area contributed by atoms with Gasteiger partial charge >= 0.3 is 0 Å². The first-order chi connectivity index (χ1) is 15.2. The first kappa shape index (κ1) is 21.2. The largest absolute Gasteiger partial charge is 0.487 e. The van der Waals surface area contributed by atoms with Gasteiger partial charge in [-0.25, -0.2) is 4.98 Å². The van der Waals surface area contributed by atoms with Crippen molar-refractivity contribution < 1.29 is 9.53 Å². The van der Waals surface area contributed by atoms with Crippen molar-refractivity contribution in [3.8, 4) is 5.75 Å². The van der Waals surface area contributed by atoms with Crippen LogP contribution in [0.3, 0.4) is 0 Å². The molecule has 0 unspecified atom stereocenters. The molecule has 6 nitrogen and oxygen atoms in total. The van der Waals surface area contributed by atoms with Gasteiger partial charge < -0.3 is 9.64 Å². The molecule has 1 fully saturated rings. The fraction of sp³-hybridized carbons (Fsp3) is 0.292. The van der Waals surface area contributed by atoms with Crippen LogP contribution in [0.25, 0.3) is 6.08 Å². The zero-order valence-corrected chi connectivity index (χ0v) is 18.4. The van der Waals surface area contributed by atoms with E-state index in [2.05, 4.69) is 14.9 Å². The van der Waals surface area contributed by atoms with Crippen molar-refractivity contribution in [3.05, 3.63) is 82.1 Å². The number of rotatable bonds is 7. The summed E-state index contributed by atoms with van der Waals surface area (Å²) in [4.78, 5) is 25.4. The molecule has 0 atom stereocenters. The van der Waals surface area contributed by atoms with Crippen LogP contribution in [0.2, 0.25) is 0 Å². The number of ether oxygens (including phenoxy) is 1. The summed E-state index contributed by atoms with van der Waals surface area (Å²) < 4.78 is 5.84. The van der Waals surface area contributed by atoms with E-state index in [0.717, 1.165) is 54.7 Å². The van der Waals surface area contributed by atoms with E-state index < -0.39 is 0 Å². The second kappa shape index (κ2) is 10.3. The van der Waals surface area contributed by atoms with Crippen LogP contribution in [-0.4, -0.2) is 51.9 Å². The lowest BCUT2D eigenvalue weighted by molar-refractivity contribution is -0.127. The number of piperazine rings is 1. The average molecular weight is 435 g/mol. The number of amides is 1. The molecule has 1 aliphatic rings. The van der Waals surface area contributed by atoms with Crippen LogP contribution in [0.1, 0.15) is 21.8 Å². The smallest absolute Gasteiger partial charge is 0.246 e.